The molecule has 1 N–H and O–H groups in total. The van der Waals surface area contributed by atoms with Crippen molar-refractivity contribution >= 4 is 0 Å². The molecule has 0 spiro atoms. The second-order valence-electron chi connectivity index (χ2n) is 4.10. The van der Waals surface area contributed by atoms with Crippen LogP contribution in [0.1, 0.15) is 32.1 Å². The zero-order chi connectivity index (χ0) is 8.23. The Balaban J connectivity index is 1.44. The topological polar surface area (TPSA) is 21.3 Å². The summed E-state index contributed by atoms with van der Waals surface area (Å²) in [5.41, 5.74) is 0. The highest BCUT2D eigenvalue weighted by atomic mass is 16.5. The van der Waals surface area contributed by atoms with E-state index in [0.717, 1.165) is 25.2 Å². The SMILES string of the molecule is C(CNC1CC1)CC1CCOC1. The molecule has 0 aromatic heterocycles. The van der Waals surface area contributed by atoms with Gasteiger partial charge in [-0.15, -0.1) is 0 Å². The molecule has 2 heteroatoms. The Morgan fingerprint density at radius 2 is 2.17 bits per heavy atom. The van der Waals surface area contributed by atoms with Gasteiger partial charge in [0, 0.05) is 19.3 Å². The van der Waals surface area contributed by atoms with Crippen molar-refractivity contribution in [3.63, 3.8) is 0 Å². The van der Waals surface area contributed by atoms with Gasteiger partial charge in [0.2, 0.25) is 0 Å². The average molecular weight is 169 g/mol. The Hall–Kier alpha value is -0.0800. The van der Waals surface area contributed by atoms with Crippen molar-refractivity contribution in [1.29, 1.82) is 0 Å². The number of ether oxygens (including phenoxy) is 1. The van der Waals surface area contributed by atoms with E-state index in [1.54, 1.807) is 0 Å². The molecule has 1 unspecified atom stereocenters. The molecule has 1 atom stereocenters. The van der Waals surface area contributed by atoms with Gasteiger partial charge in [-0.2, -0.15) is 0 Å². The summed E-state index contributed by atoms with van der Waals surface area (Å²) in [6, 6.07) is 0.879. The van der Waals surface area contributed by atoms with Crippen molar-refractivity contribution in [2.24, 2.45) is 5.92 Å². The first-order valence-electron chi connectivity index (χ1n) is 5.26. The van der Waals surface area contributed by atoms with Gasteiger partial charge in [-0.1, -0.05) is 0 Å². The van der Waals surface area contributed by atoms with Crippen molar-refractivity contribution in [2.75, 3.05) is 19.8 Å². The summed E-state index contributed by atoms with van der Waals surface area (Å²) in [5, 5.41) is 3.54. The first-order valence-corrected chi connectivity index (χ1v) is 5.26. The van der Waals surface area contributed by atoms with E-state index in [1.165, 1.54) is 38.6 Å². The van der Waals surface area contributed by atoms with E-state index in [2.05, 4.69) is 5.32 Å². The van der Waals surface area contributed by atoms with Gasteiger partial charge in [-0.25, -0.2) is 0 Å². The molecule has 1 heterocycles. The van der Waals surface area contributed by atoms with E-state index in [0.29, 0.717) is 0 Å². The van der Waals surface area contributed by atoms with Crippen molar-refractivity contribution in [1.82, 2.24) is 5.32 Å². The van der Waals surface area contributed by atoms with E-state index >= 15 is 0 Å². The van der Waals surface area contributed by atoms with Crippen molar-refractivity contribution in [3.8, 4) is 0 Å². The maximum atomic E-state index is 5.33. The standard InChI is InChI=1S/C10H19NO/c1(6-11-10-3-4-10)2-9-5-7-12-8-9/h9-11H,1-8H2. The zero-order valence-electron chi connectivity index (χ0n) is 7.72. The summed E-state index contributed by atoms with van der Waals surface area (Å²) >= 11 is 0. The molecular formula is C10H19NO. The number of hydrogen-bond acceptors (Lipinski definition) is 2. The fourth-order valence-corrected chi connectivity index (χ4v) is 1.80. The van der Waals surface area contributed by atoms with E-state index in [9.17, 15) is 0 Å². The van der Waals surface area contributed by atoms with Crippen LogP contribution in [0.3, 0.4) is 0 Å². The third kappa shape index (κ3) is 2.76. The van der Waals surface area contributed by atoms with Gasteiger partial charge in [-0.05, 0) is 44.6 Å². The average Bonchev–Trinajstić information content (AvgIpc) is 2.76. The Morgan fingerprint density at radius 1 is 1.25 bits per heavy atom. The monoisotopic (exact) mass is 169 g/mol. The van der Waals surface area contributed by atoms with Crippen molar-refractivity contribution in [2.45, 2.75) is 38.1 Å². The van der Waals surface area contributed by atoms with Crippen LogP contribution in [-0.4, -0.2) is 25.8 Å². The third-order valence-electron chi connectivity index (χ3n) is 2.82. The molecule has 70 valence electrons. The fraction of sp³-hybridized carbons (Fsp3) is 1.00. The predicted molar refractivity (Wildman–Crippen MR) is 49.2 cm³/mol. The Labute approximate surface area is 74.7 Å². The molecule has 1 saturated heterocycles. The first-order chi connectivity index (χ1) is 5.95. The summed E-state index contributed by atoms with van der Waals surface area (Å²) in [6.45, 7) is 3.24. The summed E-state index contributed by atoms with van der Waals surface area (Å²) < 4.78 is 5.33. The second-order valence-corrected chi connectivity index (χ2v) is 4.10. The van der Waals surface area contributed by atoms with Crippen LogP contribution in [0.4, 0.5) is 0 Å². The largest absolute Gasteiger partial charge is 0.381 e. The molecule has 0 aromatic carbocycles. The van der Waals surface area contributed by atoms with Crippen LogP contribution < -0.4 is 5.32 Å². The minimum atomic E-state index is 0.867. The molecule has 1 aliphatic heterocycles. The lowest BCUT2D eigenvalue weighted by Gasteiger charge is -2.06. The third-order valence-corrected chi connectivity index (χ3v) is 2.82. The maximum absolute atomic E-state index is 5.33. The molecule has 0 aromatic rings. The summed E-state index contributed by atoms with van der Waals surface area (Å²) in [6.07, 6.45) is 6.81. The smallest absolute Gasteiger partial charge is 0.0495 e. The molecule has 12 heavy (non-hydrogen) atoms. The molecule has 0 radical (unpaired) electrons. The van der Waals surface area contributed by atoms with Crippen LogP contribution in [-0.2, 0) is 4.74 Å². The van der Waals surface area contributed by atoms with Gasteiger partial charge in [0.25, 0.3) is 0 Å². The highest BCUT2D eigenvalue weighted by molar-refractivity contribution is 4.80. The quantitative estimate of drug-likeness (QED) is 0.631. The molecular weight excluding hydrogens is 150 g/mol. The molecule has 1 saturated carbocycles. The summed E-state index contributed by atoms with van der Waals surface area (Å²) in [5.74, 6) is 0.867. The molecule has 2 fully saturated rings. The van der Waals surface area contributed by atoms with E-state index in [-0.39, 0.29) is 0 Å². The van der Waals surface area contributed by atoms with E-state index in [1.807, 2.05) is 0 Å². The van der Waals surface area contributed by atoms with Crippen LogP contribution in [0.2, 0.25) is 0 Å². The van der Waals surface area contributed by atoms with E-state index < -0.39 is 0 Å². The highest BCUT2D eigenvalue weighted by Crippen LogP contribution is 2.20. The number of nitrogens with one attached hydrogen (secondary N) is 1. The molecule has 1 aliphatic carbocycles. The van der Waals surface area contributed by atoms with Crippen molar-refractivity contribution < 1.29 is 4.74 Å². The highest BCUT2D eigenvalue weighted by Gasteiger charge is 2.20. The van der Waals surface area contributed by atoms with Gasteiger partial charge >= 0.3 is 0 Å². The zero-order valence-corrected chi connectivity index (χ0v) is 7.72. The molecule has 2 rings (SSSR count). The minimum Gasteiger partial charge on any atom is -0.381 e. The van der Waals surface area contributed by atoms with Crippen LogP contribution in [0.25, 0.3) is 0 Å². The summed E-state index contributed by atoms with van der Waals surface area (Å²) in [7, 11) is 0. The Morgan fingerprint density at radius 3 is 2.83 bits per heavy atom. The number of hydrogen-bond donors (Lipinski definition) is 1. The maximum Gasteiger partial charge on any atom is 0.0495 e. The van der Waals surface area contributed by atoms with Gasteiger partial charge in [0.1, 0.15) is 0 Å². The summed E-state index contributed by atoms with van der Waals surface area (Å²) in [4.78, 5) is 0. The van der Waals surface area contributed by atoms with Gasteiger partial charge < -0.3 is 10.1 Å². The molecule has 2 aliphatic rings. The number of rotatable bonds is 5. The van der Waals surface area contributed by atoms with Crippen LogP contribution in [0, 0.1) is 5.92 Å². The Bertz CT molecular complexity index is 128. The van der Waals surface area contributed by atoms with Crippen LogP contribution >= 0.6 is 0 Å². The van der Waals surface area contributed by atoms with E-state index in [4.69, 9.17) is 4.74 Å². The lowest BCUT2D eigenvalue weighted by molar-refractivity contribution is 0.184. The van der Waals surface area contributed by atoms with Gasteiger partial charge in [-0.3, -0.25) is 0 Å². The fourth-order valence-electron chi connectivity index (χ4n) is 1.80. The lowest BCUT2D eigenvalue weighted by Crippen LogP contribution is -2.18. The van der Waals surface area contributed by atoms with Crippen molar-refractivity contribution in [3.05, 3.63) is 0 Å². The minimum absolute atomic E-state index is 0.867. The normalized spacial score (nSPS) is 29.5. The van der Waals surface area contributed by atoms with Gasteiger partial charge in [0.05, 0.1) is 0 Å². The lowest BCUT2D eigenvalue weighted by atomic mass is 10.0. The van der Waals surface area contributed by atoms with Crippen LogP contribution in [0.5, 0.6) is 0 Å². The second kappa shape index (κ2) is 4.24. The molecule has 0 amide bonds. The first kappa shape index (κ1) is 8.52. The van der Waals surface area contributed by atoms with Gasteiger partial charge in [0.15, 0.2) is 0 Å². The van der Waals surface area contributed by atoms with Crippen LogP contribution in [0.15, 0.2) is 0 Å². The predicted octanol–water partition coefficient (Wildman–Crippen LogP) is 1.56. The molecule has 2 nitrogen and oxygen atoms in total. The molecule has 0 bridgehead atoms. The Kier molecular flexibility index (Phi) is 3.01.